The molecule has 1 unspecified atom stereocenters. The zero-order valence-corrected chi connectivity index (χ0v) is 9.02. The van der Waals surface area contributed by atoms with Crippen LogP contribution in [0.4, 0.5) is 4.79 Å². The molecular weight excluding hydrogens is 180 g/mol. The fourth-order valence-corrected chi connectivity index (χ4v) is 1.50. The summed E-state index contributed by atoms with van der Waals surface area (Å²) < 4.78 is 0. The molecule has 0 aromatic rings. The number of hydrogen-bond acceptors (Lipinski definition) is 2. The minimum absolute atomic E-state index is 0.191. The summed E-state index contributed by atoms with van der Waals surface area (Å²) in [6, 6.07) is -0.680. The van der Waals surface area contributed by atoms with Crippen molar-refractivity contribution < 1.29 is 9.59 Å². The van der Waals surface area contributed by atoms with Crippen LogP contribution in [0.3, 0.4) is 0 Å². The first-order valence-electron chi connectivity index (χ1n) is 5.00. The third-order valence-corrected chi connectivity index (χ3v) is 2.28. The predicted octanol–water partition coefficient (Wildman–Crippen LogP) is 1.41. The maximum Gasteiger partial charge on any atom is 0.322 e. The van der Waals surface area contributed by atoms with Gasteiger partial charge in [-0.25, -0.2) is 4.79 Å². The Hall–Kier alpha value is -1.06. The quantitative estimate of drug-likeness (QED) is 0.674. The highest BCUT2D eigenvalue weighted by atomic mass is 16.2. The Morgan fingerprint density at radius 1 is 1.29 bits per heavy atom. The fourth-order valence-electron chi connectivity index (χ4n) is 1.50. The van der Waals surface area contributed by atoms with Gasteiger partial charge in [-0.3, -0.25) is 10.1 Å². The monoisotopic (exact) mass is 198 g/mol. The van der Waals surface area contributed by atoms with E-state index in [1.54, 1.807) is 0 Å². The van der Waals surface area contributed by atoms with E-state index < -0.39 is 0 Å². The SMILES string of the molecule is CC(C)(C)CCCC1NC(=O)NC1=O. The number of hydrogen-bond donors (Lipinski definition) is 2. The number of carbonyl (C=O) groups is 2. The zero-order valence-electron chi connectivity index (χ0n) is 9.02. The lowest BCUT2D eigenvalue weighted by molar-refractivity contribution is -0.120. The highest BCUT2D eigenvalue weighted by Crippen LogP contribution is 2.22. The first kappa shape index (κ1) is 11.0. The van der Waals surface area contributed by atoms with E-state index in [0.29, 0.717) is 5.41 Å². The molecule has 0 radical (unpaired) electrons. The van der Waals surface area contributed by atoms with Gasteiger partial charge in [-0.2, -0.15) is 0 Å². The lowest BCUT2D eigenvalue weighted by atomic mass is 9.89. The van der Waals surface area contributed by atoms with E-state index >= 15 is 0 Å². The van der Waals surface area contributed by atoms with Crippen LogP contribution >= 0.6 is 0 Å². The maximum atomic E-state index is 11.1. The molecule has 2 N–H and O–H groups in total. The molecule has 1 aliphatic heterocycles. The molecule has 0 aliphatic carbocycles. The topological polar surface area (TPSA) is 58.2 Å². The molecule has 4 nitrogen and oxygen atoms in total. The number of amides is 3. The summed E-state index contributed by atoms with van der Waals surface area (Å²) in [6.07, 6.45) is 2.75. The summed E-state index contributed by atoms with van der Waals surface area (Å²) in [5, 5.41) is 4.82. The Morgan fingerprint density at radius 2 is 1.93 bits per heavy atom. The molecule has 0 aromatic heterocycles. The number of nitrogens with one attached hydrogen (secondary N) is 2. The van der Waals surface area contributed by atoms with E-state index in [4.69, 9.17) is 0 Å². The van der Waals surface area contributed by atoms with Crippen LogP contribution in [0.25, 0.3) is 0 Å². The van der Waals surface area contributed by atoms with Crippen LogP contribution < -0.4 is 10.6 Å². The van der Waals surface area contributed by atoms with Crippen molar-refractivity contribution in [2.45, 2.75) is 46.1 Å². The fraction of sp³-hybridized carbons (Fsp3) is 0.800. The van der Waals surface area contributed by atoms with Crippen LogP contribution in [0.2, 0.25) is 0 Å². The molecule has 1 rings (SSSR count). The second-order valence-corrected chi connectivity index (χ2v) is 4.97. The number of carbonyl (C=O) groups excluding carboxylic acids is 2. The van der Waals surface area contributed by atoms with E-state index in [1.165, 1.54) is 0 Å². The van der Waals surface area contributed by atoms with Crippen molar-refractivity contribution in [1.29, 1.82) is 0 Å². The van der Waals surface area contributed by atoms with Crippen molar-refractivity contribution in [3.8, 4) is 0 Å². The minimum atomic E-state index is -0.365. The van der Waals surface area contributed by atoms with E-state index in [9.17, 15) is 9.59 Å². The van der Waals surface area contributed by atoms with Crippen LogP contribution in [-0.4, -0.2) is 18.0 Å². The molecule has 80 valence electrons. The predicted molar refractivity (Wildman–Crippen MR) is 53.8 cm³/mol. The van der Waals surface area contributed by atoms with Crippen LogP contribution in [0.1, 0.15) is 40.0 Å². The molecule has 1 saturated heterocycles. The molecule has 0 bridgehead atoms. The Balaban J connectivity index is 2.26. The van der Waals surface area contributed by atoms with Crippen LogP contribution in [-0.2, 0) is 4.79 Å². The van der Waals surface area contributed by atoms with Crippen molar-refractivity contribution in [3.63, 3.8) is 0 Å². The van der Waals surface area contributed by atoms with Gasteiger partial charge in [-0.05, 0) is 18.3 Å². The highest BCUT2D eigenvalue weighted by Gasteiger charge is 2.28. The molecule has 4 heteroatoms. The molecule has 1 fully saturated rings. The first-order chi connectivity index (χ1) is 6.38. The molecule has 0 aromatic carbocycles. The lowest BCUT2D eigenvalue weighted by Gasteiger charge is -2.18. The molecule has 1 heterocycles. The van der Waals surface area contributed by atoms with E-state index in [1.807, 2.05) is 0 Å². The summed E-state index contributed by atoms with van der Waals surface area (Å²) >= 11 is 0. The average molecular weight is 198 g/mol. The third-order valence-electron chi connectivity index (χ3n) is 2.28. The van der Waals surface area contributed by atoms with Crippen LogP contribution in [0.15, 0.2) is 0 Å². The van der Waals surface area contributed by atoms with Gasteiger partial charge in [-0.15, -0.1) is 0 Å². The van der Waals surface area contributed by atoms with Crippen molar-refractivity contribution in [3.05, 3.63) is 0 Å². The Labute approximate surface area is 84.4 Å². The second-order valence-electron chi connectivity index (χ2n) is 4.97. The Bertz CT molecular complexity index is 243. The summed E-state index contributed by atoms with van der Waals surface area (Å²) in [5.74, 6) is -0.191. The summed E-state index contributed by atoms with van der Waals surface area (Å²) in [5.41, 5.74) is 0.291. The summed E-state index contributed by atoms with van der Waals surface area (Å²) in [4.78, 5) is 21.9. The van der Waals surface area contributed by atoms with Crippen molar-refractivity contribution in [2.75, 3.05) is 0 Å². The standard InChI is InChI=1S/C10H18N2O2/c1-10(2,3)6-4-5-7-8(13)12-9(14)11-7/h7H,4-6H2,1-3H3,(H2,11,12,13,14). The van der Waals surface area contributed by atoms with Gasteiger partial charge in [0.25, 0.3) is 5.91 Å². The summed E-state index contributed by atoms with van der Waals surface area (Å²) in [6.45, 7) is 6.50. The van der Waals surface area contributed by atoms with Gasteiger partial charge in [-0.1, -0.05) is 27.2 Å². The lowest BCUT2D eigenvalue weighted by Crippen LogP contribution is -2.28. The number of rotatable bonds is 3. The first-order valence-corrected chi connectivity index (χ1v) is 5.00. The van der Waals surface area contributed by atoms with Gasteiger partial charge in [0.15, 0.2) is 0 Å². The largest absolute Gasteiger partial charge is 0.326 e. The number of imide groups is 1. The van der Waals surface area contributed by atoms with Crippen LogP contribution in [0.5, 0.6) is 0 Å². The van der Waals surface area contributed by atoms with E-state index in [0.717, 1.165) is 19.3 Å². The smallest absolute Gasteiger partial charge is 0.322 e. The highest BCUT2D eigenvalue weighted by molar-refractivity contribution is 6.04. The molecule has 0 spiro atoms. The van der Waals surface area contributed by atoms with Crippen molar-refractivity contribution >= 4 is 11.9 Å². The maximum absolute atomic E-state index is 11.1. The van der Waals surface area contributed by atoms with Gasteiger partial charge in [0.2, 0.25) is 0 Å². The van der Waals surface area contributed by atoms with Gasteiger partial charge in [0.1, 0.15) is 6.04 Å². The van der Waals surface area contributed by atoms with Gasteiger partial charge >= 0.3 is 6.03 Å². The molecule has 3 amide bonds. The average Bonchev–Trinajstić information content (AvgIpc) is 2.27. The van der Waals surface area contributed by atoms with Crippen molar-refractivity contribution in [1.82, 2.24) is 10.6 Å². The van der Waals surface area contributed by atoms with Gasteiger partial charge < -0.3 is 5.32 Å². The van der Waals surface area contributed by atoms with Gasteiger partial charge in [0.05, 0.1) is 0 Å². The molecule has 1 atom stereocenters. The van der Waals surface area contributed by atoms with E-state index in [-0.39, 0.29) is 18.0 Å². The Kier molecular flexibility index (Phi) is 3.13. The molecule has 14 heavy (non-hydrogen) atoms. The van der Waals surface area contributed by atoms with Crippen LogP contribution in [0, 0.1) is 5.41 Å². The van der Waals surface area contributed by atoms with E-state index in [2.05, 4.69) is 31.4 Å². The zero-order chi connectivity index (χ0) is 10.8. The molecular formula is C10H18N2O2. The number of urea groups is 1. The van der Waals surface area contributed by atoms with Gasteiger partial charge in [0, 0.05) is 0 Å². The minimum Gasteiger partial charge on any atom is -0.326 e. The Morgan fingerprint density at radius 3 is 2.36 bits per heavy atom. The molecule has 0 saturated carbocycles. The molecule has 1 aliphatic rings. The second kappa shape index (κ2) is 3.98. The van der Waals surface area contributed by atoms with Crippen molar-refractivity contribution in [2.24, 2.45) is 5.41 Å². The summed E-state index contributed by atoms with van der Waals surface area (Å²) in [7, 11) is 0. The third kappa shape index (κ3) is 3.36. The normalized spacial score (nSPS) is 22.1.